The zero-order chi connectivity index (χ0) is 13.9. The van der Waals surface area contributed by atoms with Crippen molar-refractivity contribution < 1.29 is 8.42 Å². The Bertz CT molecular complexity index is 601. The third kappa shape index (κ3) is 2.82. The second kappa shape index (κ2) is 5.34. The van der Waals surface area contributed by atoms with E-state index < -0.39 is 15.3 Å². The molecule has 0 bridgehead atoms. The van der Waals surface area contributed by atoms with Crippen LogP contribution in [0.3, 0.4) is 0 Å². The number of nitriles is 1. The minimum atomic E-state index is -2.93. The molecule has 0 radical (unpaired) electrons. The van der Waals surface area contributed by atoms with Crippen LogP contribution in [0.5, 0.6) is 0 Å². The summed E-state index contributed by atoms with van der Waals surface area (Å²) in [5.74, 6) is 0.373. The summed E-state index contributed by atoms with van der Waals surface area (Å²) in [7, 11) is -2.93. The van der Waals surface area contributed by atoms with Crippen LogP contribution in [0.25, 0.3) is 0 Å². The van der Waals surface area contributed by atoms with Crippen molar-refractivity contribution in [3.8, 4) is 6.07 Å². The Balaban J connectivity index is 2.12. The second-order valence-corrected chi connectivity index (χ2v) is 7.66. The van der Waals surface area contributed by atoms with Gasteiger partial charge in [-0.25, -0.2) is 8.42 Å². The summed E-state index contributed by atoms with van der Waals surface area (Å²) < 4.78 is 23.1. The molecular weight excluding hydrogens is 258 g/mol. The highest BCUT2D eigenvalue weighted by molar-refractivity contribution is 7.91. The van der Waals surface area contributed by atoms with E-state index in [0.29, 0.717) is 12.8 Å². The van der Waals surface area contributed by atoms with E-state index in [1.807, 2.05) is 18.2 Å². The van der Waals surface area contributed by atoms with E-state index in [1.54, 1.807) is 6.92 Å². The molecule has 4 heteroatoms. The van der Waals surface area contributed by atoms with Gasteiger partial charge in [-0.15, -0.1) is 0 Å². The number of fused-ring (bicyclic) bond motifs is 1. The van der Waals surface area contributed by atoms with E-state index in [1.165, 1.54) is 5.56 Å². The standard InChI is InChI=1S/C15H19NO2S/c1-2-19(17,18)11-5-9-15(12-16)10-8-13-6-3-4-7-14(13)15/h3-4,6-7H,2,5,8-11H2,1H3. The molecule has 0 aromatic heterocycles. The predicted molar refractivity (Wildman–Crippen MR) is 75.6 cm³/mol. The molecule has 0 amide bonds. The van der Waals surface area contributed by atoms with Crippen molar-refractivity contribution in [2.75, 3.05) is 11.5 Å². The lowest BCUT2D eigenvalue weighted by atomic mass is 9.79. The number of nitrogens with zero attached hydrogens (tertiary/aromatic N) is 1. The largest absolute Gasteiger partial charge is 0.229 e. The van der Waals surface area contributed by atoms with Gasteiger partial charge in [0.1, 0.15) is 9.84 Å². The highest BCUT2D eigenvalue weighted by Gasteiger charge is 2.38. The molecule has 0 fully saturated rings. The Morgan fingerprint density at radius 2 is 2.11 bits per heavy atom. The van der Waals surface area contributed by atoms with E-state index in [4.69, 9.17) is 0 Å². The summed E-state index contributed by atoms with van der Waals surface area (Å²) >= 11 is 0. The molecule has 1 aliphatic carbocycles. The van der Waals surface area contributed by atoms with Gasteiger partial charge in [0.25, 0.3) is 0 Å². The molecule has 0 saturated heterocycles. The minimum absolute atomic E-state index is 0.184. The third-order valence-electron chi connectivity index (χ3n) is 4.07. The first-order valence-electron chi connectivity index (χ1n) is 6.73. The van der Waals surface area contributed by atoms with Crippen molar-refractivity contribution in [2.45, 2.75) is 38.0 Å². The predicted octanol–water partition coefficient (Wildman–Crippen LogP) is 2.61. The topological polar surface area (TPSA) is 57.9 Å². The number of hydrogen-bond donors (Lipinski definition) is 0. The van der Waals surface area contributed by atoms with E-state index >= 15 is 0 Å². The van der Waals surface area contributed by atoms with Crippen molar-refractivity contribution in [3.63, 3.8) is 0 Å². The average Bonchev–Trinajstić information content (AvgIpc) is 2.79. The van der Waals surface area contributed by atoms with Gasteiger partial charge in [0, 0.05) is 5.75 Å². The van der Waals surface area contributed by atoms with Crippen LogP contribution in [0.15, 0.2) is 24.3 Å². The maximum Gasteiger partial charge on any atom is 0.150 e. The van der Waals surface area contributed by atoms with Crippen molar-refractivity contribution in [1.29, 1.82) is 5.26 Å². The molecule has 19 heavy (non-hydrogen) atoms. The average molecular weight is 277 g/mol. The van der Waals surface area contributed by atoms with E-state index in [0.717, 1.165) is 18.4 Å². The zero-order valence-corrected chi connectivity index (χ0v) is 12.0. The van der Waals surface area contributed by atoms with Gasteiger partial charge >= 0.3 is 0 Å². The van der Waals surface area contributed by atoms with Crippen molar-refractivity contribution in [3.05, 3.63) is 35.4 Å². The SMILES string of the molecule is CCS(=O)(=O)CCCC1(C#N)CCc2ccccc21. The molecule has 1 atom stereocenters. The highest BCUT2D eigenvalue weighted by atomic mass is 32.2. The first kappa shape index (κ1) is 14.1. The molecule has 1 aliphatic rings. The number of benzene rings is 1. The Kier molecular flexibility index (Phi) is 3.96. The summed E-state index contributed by atoms with van der Waals surface area (Å²) in [6, 6.07) is 10.5. The summed E-state index contributed by atoms with van der Waals surface area (Å²) in [6.45, 7) is 1.67. The highest BCUT2D eigenvalue weighted by Crippen LogP contribution is 2.41. The normalized spacial score (nSPS) is 21.9. The fraction of sp³-hybridized carbons (Fsp3) is 0.533. The molecule has 1 aromatic carbocycles. The van der Waals surface area contributed by atoms with Crippen LogP contribution < -0.4 is 0 Å². The first-order valence-corrected chi connectivity index (χ1v) is 8.55. The number of sulfone groups is 1. The molecule has 1 unspecified atom stereocenters. The molecule has 1 aromatic rings. The zero-order valence-electron chi connectivity index (χ0n) is 11.2. The molecule has 0 spiro atoms. The number of rotatable bonds is 5. The summed E-state index contributed by atoms with van der Waals surface area (Å²) in [5, 5.41) is 9.55. The Labute approximate surface area is 115 Å². The fourth-order valence-corrected chi connectivity index (χ4v) is 3.73. The third-order valence-corrected chi connectivity index (χ3v) is 5.86. The molecule has 0 aliphatic heterocycles. The van der Waals surface area contributed by atoms with Crippen LogP contribution >= 0.6 is 0 Å². The van der Waals surface area contributed by atoms with Crippen LogP contribution in [0.4, 0.5) is 0 Å². The second-order valence-electron chi connectivity index (χ2n) is 5.19. The van der Waals surface area contributed by atoms with Crippen molar-refractivity contribution in [2.24, 2.45) is 0 Å². The van der Waals surface area contributed by atoms with E-state index in [2.05, 4.69) is 12.1 Å². The molecular formula is C15H19NO2S. The maximum atomic E-state index is 11.5. The van der Waals surface area contributed by atoms with Crippen LogP contribution in [0, 0.1) is 11.3 Å². The van der Waals surface area contributed by atoms with Gasteiger partial charge in [0.2, 0.25) is 0 Å². The van der Waals surface area contributed by atoms with E-state index in [9.17, 15) is 13.7 Å². The van der Waals surface area contributed by atoms with Gasteiger partial charge in [0.05, 0.1) is 17.2 Å². The lowest BCUT2D eigenvalue weighted by molar-refractivity contribution is 0.490. The number of hydrogen-bond acceptors (Lipinski definition) is 3. The Morgan fingerprint density at radius 3 is 2.79 bits per heavy atom. The summed E-state index contributed by atoms with van der Waals surface area (Å²) in [4.78, 5) is 0. The molecule has 0 saturated carbocycles. The number of aryl methyl sites for hydroxylation is 1. The molecule has 0 N–H and O–H groups in total. The summed E-state index contributed by atoms with van der Waals surface area (Å²) in [6.07, 6.45) is 2.94. The quantitative estimate of drug-likeness (QED) is 0.831. The van der Waals surface area contributed by atoms with Gasteiger partial charge in [-0.2, -0.15) is 5.26 Å². The van der Waals surface area contributed by atoms with Gasteiger partial charge in [0.15, 0.2) is 0 Å². The van der Waals surface area contributed by atoms with Crippen LogP contribution in [-0.4, -0.2) is 19.9 Å². The molecule has 0 heterocycles. The van der Waals surface area contributed by atoms with Crippen molar-refractivity contribution >= 4 is 9.84 Å². The van der Waals surface area contributed by atoms with Gasteiger partial charge in [-0.05, 0) is 36.8 Å². The lowest BCUT2D eigenvalue weighted by Crippen LogP contribution is -2.22. The fourth-order valence-electron chi connectivity index (χ4n) is 2.86. The van der Waals surface area contributed by atoms with Gasteiger partial charge in [-0.3, -0.25) is 0 Å². The first-order chi connectivity index (χ1) is 9.03. The van der Waals surface area contributed by atoms with Crippen LogP contribution in [0.2, 0.25) is 0 Å². The smallest absolute Gasteiger partial charge is 0.150 e. The van der Waals surface area contributed by atoms with Gasteiger partial charge in [-0.1, -0.05) is 31.2 Å². The van der Waals surface area contributed by atoms with Crippen LogP contribution in [-0.2, 0) is 21.7 Å². The minimum Gasteiger partial charge on any atom is -0.229 e. The van der Waals surface area contributed by atoms with Crippen LogP contribution in [0.1, 0.15) is 37.3 Å². The van der Waals surface area contributed by atoms with E-state index in [-0.39, 0.29) is 11.5 Å². The Hall–Kier alpha value is -1.34. The maximum absolute atomic E-state index is 11.5. The molecule has 102 valence electrons. The van der Waals surface area contributed by atoms with Crippen molar-refractivity contribution in [1.82, 2.24) is 0 Å². The molecule has 3 nitrogen and oxygen atoms in total. The molecule has 2 rings (SSSR count). The summed E-state index contributed by atoms with van der Waals surface area (Å²) in [5.41, 5.74) is 1.87. The Morgan fingerprint density at radius 1 is 1.37 bits per heavy atom. The van der Waals surface area contributed by atoms with Gasteiger partial charge < -0.3 is 0 Å². The lowest BCUT2D eigenvalue weighted by Gasteiger charge is -2.22. The monoisotopic (exact) mass is 277 g/mol.